The second-order valence-corrected chi connectivity index (χ2v) is 5.96. The van der Waals surface area contributed by atoms with Crippen LogP contribution in [0.1, 0.15) is 42.6 Å². The van der Waals surface area contributed by atoms with E-state index in [-0.39, 0.29) is 26.6 Å². The molecule has 0 radical (unpaired) electrons. The van der Waals surface area contributed by atoms with Crippen molar-refractivity contribution in [2.75, 3.05) is 5.43 Å². The van der Waals surface area contributed by atoms with Crippen molar-refractivity contribution < 1.29 is 9.90 Å². The standard InChI is InChI=1S/C13H14Cl3N3O2/c14-8-10(9(15)12(16)18-11(8)13(20)21)19-17-6-7-4-2-1-3-5-7/h6-7H,1-5H2,(H,18,19)(H,20,21)/b17-6+. The molecule has 114 valence electrons. The molecule has 1 aromatic rings. The zero-order valence-corrected chi connectivity index (χ0v) is 13.3. The summed E-state index contributed by atoms with van der Waals surface area (Å²) in [4.78, 5) is 14.7. The monoisotopic (exact) mass is 349 g/mol. The minimum Gasteiger partial charge on any atom is -0.476 e. The molecule has 1 aliphatic rings. The number of rotatable bonds is 4. The molecule has 0 aromatic carbocycles. The van der Waals surface area contributed by atoms with Gasteiger partial charge in [0.25, 0.3) is 0 Å². The molecule has 0 spiro atoms. The smallest absolute Gasteiger partial charge is 0.356 e. The van der Waals surface area contributed by atoms with Crippen molar-refractivity contribution in [2.45, 2.75) is 32.1 Å². The number of nitrogens with one attached hydrogen (secondary N) is 1. The molecule has 2 N–H and O–H groups in total. The van der Waals surface area contributed by atoms with Gasteiger partial charge >= 0.3 is 5.97 Å². The van der Waals surface area contributed by atoms with E-state index in [1.54, 1.807) is 6.21 Å². The Morgan fingerprint density at radius 2 is 1.90 bits per heavy atom. The van der Waals surface area contributed by atoms with Crippen LogP contribution in [0.3, 0.4) is 0 Å². The number of hydrogen-bond donors (Lipinski definition) is 2. The van der Waals surface area contributed by atoms with Crippen LogP contribution >= 0.6 is 34.8 Å². The maximum atomic E-state index is 11.0. The fraction of sp³-hybridized carbons (Fsp3) is 0.462. The molecule has 1 heterocycles. The lowest BCUT2D eigenvalue weighted by molar-refractivity contribution is 0.0691. The molecule has 2 rings (SSSR count). The zero-order chi connectivity index (χ0) is 15.4. The Bertz CT molecular complexity index is 572. The second-order valence-electron chi connectivity index (χ2n) is 4.85. The quantitative estimate of drug-likeness (QED) is 0.468. The van der Waals surface area contributed by atoms with Gasteiger partial charge in [0, 0.05) is 6.21 Å². The Morgan fingerprint density at radius 3 is 2.52 bits per heavy atom. The van der Waals surface area contributed by atoms with Gasteiger partial charge < -0.3 is 5.11 Å². The largest absolute Gasteiger partial charge is 0.476 e. The average molecular weight is 351 g/mol. The molecule has 0 aliphatic heterocycles. The Hall–Kier alpha value is -1.04. The summed E-state index contributed by atoms with van der Waals surface area (Å²) in [5, 5.41) is 12.9. The lowest BCUT2D eigenvalue weighted by atomic mass is 9.90. The zero-order valence-electron chi connectivity index (χ0n) is 11.1. The van der Waals surface area contributed by atoms with Crippen LogP contribution in [0, 0.1) is 5.92 Å². The van der Waals surface area contributed by atoms with Crippen LogP contribution in [0.2, 0.25) is 15.2 Å². The Balaban J connectivity index is 2.18. The first-order chi connectivity index (χ1) is 10.0. The maximum Gasteiger partial charge on any atom is 0.356 e. The van der Waals surface area contributed by atoms with Crippen molar-refractivity contribution in [2.24, 2.45) is 11.0 Å². The first-order valence-electron chi connectivity index (χ1n) is 6.57. The topological polar surface area (TPSA) is 74.6 Å². The number of pyridine rings is 1. The van der Waals surface area contributed by atoms with Gasteiger partial charge in [-0.3, -0.25) is 5.43 Å². The molecule has 0 bridgehead atoms. The molecule has 0 unspecified atom stereocenters. The van der Waals surface area contributed by atoms with Gasteiger partial charge in [-0.15, -0.1) is 0 Å². The first-order valence-corrected chi connectivity index (χ1v) is 7.71. The Labute approximate surface area is 137 Å². The summed E-state index contributed by atoms with van der Waals surface area (Å²) in [6.45, 7) is 0. The van der Waals surface area contributed by atoms with Crippen LogP contribution in [0.5, 0.6) is 0 Å². The summed E-state index contributed by atoms with van der Waals surface area (Å²) >= 11 is 17.8. The second kappa shape index (κ2) is 7.29. The number of nitrogens with zero attached hydrogens (tertiary/aromatic N) is 2. The van der Waals surface area contributed by atoms with Crippen LogP contribution in [0.15, 0.2) is 5.10 Å². The van der Waals surface area contributed by atoms with E-state index < -0.39 is 5.97 Å². The van der Waals surface area contributed by atoms with Crippen molar-refractivity contribution in [3.63, 3.8) is 0 Å². The third-order valence-electron chi connectivity index (χ3n) is 3.35. The van der Waals surface area contributed by atoms with Crippen molar-refractivity contribution in [3.8, 4) is 0 Å². The summed E-state index contributed by atoms with van der Waals surface area (Å²) in [6, 6.07) is 0. The number of carboxylic acid groups (broad SMARTS) is 1. The molecule has 0 amide bonds. The lowest BCUT2D eigenvalue weighted by Crippen LogP contribution is -2.09. The predicted octanol–water partition coefficient (Wildman–Crippen LogP) is 4.72. The van der Waals surface area contributed by atoms with Gasteiger partial charge in [-0.2, -0.15) is 5.10 Å². The van der Waals surface area contributed by atoms with E-state index in [9.17, 15) is 4.79 Å². The molecule has 0 saturated heterocycles. The van der Waals surface area contributed by atoms with Gasteiger partial charge in [0.2, 0.25) is 0 Å². The van der Waals surface area contributed by atoms with E-state index in [0.717, 1.165) is 12.8 Å². The summed E-state index contributed by atoms with van der Waals surface area (Å²) < 4.78 is 0. The van der Waals surface area contributed by atoms with E-state index in [1.165, 1.54) is 19.3 Å². The molecule has 8 heteroatoms. The highest BCUT2D eigenvalue weighted by molar-refractivity contribution is 6.46. The molecule has 1 saturated carbocycles. The third-order valence-corrected chi connectivity index (χ3v) is 4.46. The number of anilines is 1. The van der Waals surface area contributed by atoms with Gasteiger partial charge in [0.1, 0.15) is 10.0 Å². The summed E-state index contributed by atoms with van der Waals surface area (Å²) in [6.07, 6.45) is 7.66. The molecule has 21 heavy (non-hydrogen) atoms. The minimum absolute atomic E-state index is 0.0486. The van der Waals surface area contributed by atoms with E-state index in [2.05, 4.69) is 15.5 Å². The fourth-order valence-corrected chi connectivity index (χ4v) is 2.91. The molecule has 0 atom stereocenters. The molecule has 1 aliphatic carbocycles. The average Bonchev–Trinajstić information content (AvgIpc) is 2.47. The molecule has 5 nitrogen and oxygen atoms in total. The van der Waals surface area contributed by atoms with E-state index in [1.807, 2.05) is 0 Å². The number of halogens is 3. The lowest BCUT2D eigenvalue weighted by Gasteiger charge is -2.17. The van der Waals surface area contributed by atoms with Crippen LogP contribution in [0.25, 0.3) is 0 Å². The number of carboxylic acids is 1. The van der Waals surface area contributed by atoms with Crippen molar-refractivity contribution in [1.29, 1.82) is 0 Å². The van der Waals surface area contributed by atoms with Crippen LogP contribution in [-0.4, -0.2) is 22.3 Å². The van der Waals surface area contributed by atoms with Gasteiger partial charge in [-0.25, -0.2) is 9.78 Å². The summed E-state index contributed by atoms with van der Waals surface area (Å²) in [5.74, 6) is -0.863. The van der Waals surface area contributed by atoms with Gasteiger partial charge in [0.15, 0.2) is 10.8 Å². The van der Waals surface area contributed by atoms with Crippen LogP contribution < -0.4 is 5.43 Å². The molecular formula is C13H14Cl3N3O2. The van der Waals surface area contributed by atoms with E-state index >= 15 is 0 Å². The molecular weight excluding hydrogens is 337 g/mol. The Morgan fingerprint density at radius 1 is 1.24 bits per heavy atom. The van der Waals surface area contributed by atoms with E-state index in [0.29, 0.717) is 5.92 Å². The predicted molar refractivity (Wildman–Crippen MR) is 84.9 cm³/mol. The van der Waals surface area contributed by atoms with E-state index in [4.69, 9.17) is 39.9 Å². The highest BCUT2D eigenvalue weighted by atomic mass is 35.5. The third kappa shape index (κ3) is 3.99. The van der Waals surface area contributed by atoms with Crippen LogP contribution in [-0.2, 0) is 0 Å². The number of carbonyl (C=O) groups is 1. The fourth-order valence-electron chi connectivity index (χ4n) is 2.24. The number of aromatic carboxylic acids is 1. The van der Waals surface area contributed by atoms with Gasteiger partial charge in [0.05, 0.1) is 5.69 Å². The Kier molecular flexibility index (Phi) is 5.67. The highest BCUT2D eigenvalue weighted by Crippen LogP contribution is 2.36. The van der Waals surface area contributed by atoms with Crippen molar-refractivity contribution in [1.82, 2.24) is 4.98 Å². The highest BCUT2D eigenvalue weighted by Gasteiger charge is 2.20. The van der Waals surface area contributed by atoms with Crippen LogP contribution in [0.4, 0.5) is 5.69 Å². The summed E-state index contributed by atoms with van der Waals surface area (Å²) in [5.41, 5.74) is 2.48. The van der Waals surface area contributed by atoms with Crippen molar-refractivity contribution >= 4 is 52.7 Å². The van der Waals surface area contributed by atoms with Gasteiger partial charge in [-0.1, -0.05) is 54.1 Å². The number of hydrogen-bond acceptors (Lipinski definition) is 4. The molecule has 1 fully saturated rings. The normalized spacial score (nSPS) is 16.3. The summed E-state index contributed by atoms with van der Waals surface area (Å²) in [7, 11) is 0. The number of hydrazone groups is 1. The van der Waals surface area contributed by atoms with Gasteiger partial charge in [-0.05, 0) is 18.8 Å². The first kappa shape index (κ1) is 16.3. The SMILES string of the molecule is O=C(O)c1nc(Cl)c(Cl)c(N/N=C/C2CCCCC2)c1Cl. The number of aromatic nitrogens is 1. The minimum atomic E-state index is -1.28. The maximum absolute atomic E-state index is 11.0. The molecule has 1 aromatic heterocycles. The van der Waals surface area contributed by atoms with Crippen molar-refractivity contribution in [3.05, 3.63) is 20.9 Å².